The molecule has 4 nitrogen and oxygen atoms in total. The molecule has 1 aliphatic rings. The maximum absolute atomic E-state index is 13.6. The van der Waals surface area contributed by atoms with Gasteiger partial charge in [-0.25, -0.2) is 4.79 Å². The van der Waals surface area contributed by atoms with Gasteiger partial charge >= 0.3 is 5.97 Å². The number of phenolic OH excluding ortho intramolecular Hbond substituents is 1. The zero-order valence-corrected chi connectivity index (χ0v) is 9.92. The van der Waals surface area contributed by atoms with Crippen molar-refractivity contribution in [3.8, 4) is 11.5 Å². The van der Waals surface area contributed by atoms with E-state index in [0.717, 1.165) is 6.07 Å². The molecule has 1 aromatic carbocycles. The second kappa shape index (κ2) is 4.12. The van der Waals surface area contributed by atoms with E-state index in [1.54, 1.807) is 6.92 Å². The number of methoxy groups -OCH3 is 1. The number of benzene rings is 1. The number of ether oxygens (including phenoxy) is 2. The normalized spacial score (nSPS) is 21.3. The fraction of sp³-hybridized carbons (Fsp3) is 0.417. The van der Waals surface area contributed by atoms with E-state index >= 15 is 0 Å². The first-order chi connectivity index (χ1) is 8.45. The van der Waals surface area contributed by atoms with Crippen molar-refractivity contribution < 1.29 is 28.2 Å². The van der Waals surface area contributed by atoms with Crippen LogP contribution in [0.5, 0.6) is 11.5 Å². The van der Waals surface area contributed by atoms with Gasteiger partial charge in [0.05, 0.1) is 7.11 Å². The third-order valence-corrected chi connectivity index (χ3v) is 3.12. The van der Waals surface area contributed by atoms with Gasteiger partial charge in [-0.3, -0.25) is 0 Å². The van der Waals surface area contributed by atoms with Gasteiger partial charge in [-0.2, -0.15) is 8.78 Å². The van der Waals surface area contributed by atoms with Gasteiger partial charge in [0.25, 0.3) is 0 Å². The standard InChI is InChI=1S/C12H12F2O4/c1-3-12(11(16)17-2)5-6-4-7(15)8(13)9(14)10(6)18-12/h4,15H,3,5H2,1-2H3. The number of hydrogen-bond donors (Lipinski definition) is 1. The Labute approximate surface area is 102 Å². The molecule has 0 aromatic heterocycles. The Balaban J connectivity index is 2.49. The Morgan fingerprint density at radius 3 is 2.78 bits per heavy atom. The van der Waals surface area contributed by atoms with E-state index in [2.05, 4.69) is 4.74 Å². The highest BCUT2D eigenvalue weighted by Gasteiger charge is 2.47. The SMILES string of the molecule is CCC1(C(=O)OC)Cc2cc(O)c(F)c(F)c2O1. The Bertz CT molecular complexity index is 515. The van der Waals surface area contributed by atoms with Crippen LogP contribution in [0.2, 0.25) is 0 Å². The summed E-state index contributed by atoms with van der Waals surface area (Å²) in [5.74, 6) is -4.46. The minimum Gasteiger partial charge on any atom is -0.505 e. The van der Waals surface area contributed by atoms with Crippen molar-refractivity contribution in [2.24, 2.45) is 0 Å². The second-order valence-electron chi connectivity index (χ2n) is 4.13. The molecule has 18 heavy (non-hydrogen) atoms. The summed E-state index contributed by atoms with van der Waals surface area (Å²) in [6.45, 7) is 1.68. The molecule has 0 fully saturated rings. The van der Waals surface area contributed by atoms with Crippen LogP contribution in [0.3, 0.4) is 0 Å². The number of hydrogen-bond acceptors (Lipinski definition) is 4. The van der Waals surface area contributed by atoms with Gasteiger partial charge in [-0.1, -0.05) is 6.92 Å². The third kappa shape index (κ3) is 1.60. The van der Waals surface area contributed by atoms with Gasteiger partial charge in [0.15, 0.2) is 11.5 Å². The van der Waals surface area contributed by atoms with Crippen LogP contribution in [0.4, 0.5) is 8.78 Å². The van der Waals surface area contributed by atoms with E-state index in [1.165, 1.54) is 7.11 Å². The second-order valence-corrected chi connectivity index (χ2v) is 4.13. The number of esters is 1. The number of phenols is 1. The molecule has 0 radical (unpaired) electrons. The van der Waals surface area contributed by atoms with Crippen LogP contribution in [-0.4, -0.2) is 23.8 Å². The first kappa shape index (κ1) is 12.6. The summed E-state index contributed by atoms with van der Waals surface area (Å²) in [5.41, 5.74) is -1.10. The molecule has 1 heterocycles. The number of rotatable bonds is 2. The van der Waals surface area contributed by atoms with Crippen LogP contribution in [-0.2, 0) is 16.0 Å². The third-order valence-electron chi connectivity index (χ3n) is 3.12. The fourth-order valence-electron chi connectivity index (χ4n) is 2.07. The predicted molar refractivity (Wildman–Crippen MR) is 57.4 cm³/mol. The highest BCUT2D eigenvalue weighted by Crippen LogP contribution is 2.42. The maximum atomic E-state index is 13.6. The van der Waals surface area contributed by atoms with Crippen LogP contribution < -0.4 is 4.74 Å². The number of aromatic hydroxyl groups is 1. The van der Waals surface area contributed by atoms with Crippen molar-refractivity contribution >= 4 is 5.97 Å². The van der Waals surface area contributed by atoms with Crippen molar-refractivity contribution in [3.63, 3.8) is 0 Å². The fourth-order valence-corrected chi connectivity index (χ4v) is 2.07. The molecule has 98 valence electrons. The summed E-state index contributed by atoms with van der Waals surface area (Å²) in [5, 5.41) is 9.22. The van der Waals surface area contributed by atoms with Gasteiger partial charge in [0, 0.05) is 12.0 Å². The van der Waals surface area contributed by atoms with Crippen LogP contribution in [0.25, 0.3) is 0 Å². The number of carbonyl (C=O) groups is 1. The highest BCUT2D eigenvalue weighted by atomic mass is 19.2. The Morgan fingerprint density at radius 1 is 1.56 bits per heavy atom. The minimum atomic E-state index is -1.38. The number of carbonyl (C=O) groups excluding carboxylic acids is 1. The van der Waals surface area contributed by atoms with E-state index in [1.807, 2.05) is 0 Å². The maximum Gasteiger partial charge on any atom is 0.350 e. The van der Waals surface area contributed by atoms with E-state index in [4.69, 9.17) is 4.74 Å². The summed E-state index contributed by atoms with van der Waals surface area (Å²) in [6.07, 6.45) is 0.284. The zero-order valence-electron chi connectivity index (χ0n) is 9.92. The smallest absolute Gasteiger partial charge is 0.350 e. The van der Waals surface area contributed by atoms with Crippen molar-refractivity contribution in [3.05, 3.63) is 23.3 Å². The molecule has 2 rings (SSSR count). The van der Waals surface area contributed by atoms with Crippen molar-refractivity contribution in [2.45, 2.75) is 25.4 Å². The molecule has 0 saturated carbocycles. The lowest BCUT2D eigenvalue weighted by Gasteiger charge is -2.23. The van der Waals surface area contributed by atoms with Gasteiger partial charge in [-0.05, 0) is 12.5 Å². The molecule has 1 aliphatic heterocycles. The Hall–Kier alpha value is -1.85. The summed E-state index contributed by atoms with van der Waals surface area (Å²) in [6, 6.07) is 1.06. The largest absolute Gasteiger partial charge is 0.505 e. The van der Waals surface area contributed by atoms with Gasteiger partial charge < -0.3 is 14.6 Å². The number of fused-ring (bicyclic) bond motifs is 1. The van der Waals surface area contributed by atoms with Crippen molar-refractivity contribution in [1.29, 1.82) is 0 Å². The van der Waals surface area contributed by atoms with Crippen molar-refractivity contribution in [2.75, 3.05) is 7.11 Å². The molecule has 6 heteroatoms. The first-order valence-corrected chi connectivity index (χ1v) is 5.42. The molecule has 1 aromatic rings. The number of halogens is 2. The highest BCUT2D eigenvalue weighted by molar-refractivity contribution is 5.82. The lowest BCUT2D eigenvalue weighted by Crippen LogP contribution is -2.43. The minimum absolute atomic E-state index is 0.0380. The molecule has 0 bridgehead atoms. The molecule has 1 N–H and O–H groups in total. The molecule has 1 atom stereocenters. The Kier molecular flexibility index (Phi) is 2.88. The van der Waals surface area contributed by atoms with Crippen molar-refractivity contribution in [1.82, 2.24) is 0 Å². The zero-order chi connectivity index (χ0) is 13.5. The van der Waals surface area contributed by atoms with Crippen LogP contribution >= 0.6 is 0 Å². The summed E-state index contributed by atoms with van der Waals surface area (Å²) in [7, 11) is 1.19. The lowest BCUT2D eigenvalue weighted by molar-refractivity contribution is -0.158. The van der Waals surface area contributed by atoms with E-state index < -0.39 is 29.0 Å². The summed E-state index contributed by atoms with van der Waals surface area (Å²) < 4.78 is 36.7. The van der Waals surface area contributed by atoms with Gasteiger partial charge in [-0.15, -0.1) is 0 Å². The van der Waals surface area contributed by atoms with E-state index in [-0.39, 0.29) is 24.2 Å². The summed E-state index contributed by atoms with van der Waals surface area (Å²) in [4.78, 5) is 11.7. The quantitative estimate of drug-likeness (QED) is 0.823. The average Bonchev–Trinajstić information content (AvgIpc) is 2.75. The predicted octanol–water partition coefficient (Wildman–Crippen LogP) is 1.93. The molecule has 0 spiro atoms. The monoisotopic (exact) mass is 258 g/mol. The Morgan fingerprint density at radius 2 is 2.22 bits per heavy atom. The van der Waals surface area contributed by atoms with Gasteiger partial charge in [0.1, 0.15) is 0 Å². The summed E-state index contributed by atoms with van der Waals surface area (Å²) >= 11 is 0. The molecule has 0 aliphatic carbocycles. The molecular weight excluding hydrogens is 246 g/mol. The average molecular weight is 258 g/mol. The van der Waals surface area contributed by atoms with Crippen LogP contribution in [0.15, 0.2) is 6.07 Å². The van der Waals surface area contributed by atoms with E-state index in [9.17, 15) is 18.7 Å². The van der Waals surface area contributed by atoms with Crippen LogP contribution in [0.1, 0.15) is 18.9 Å². The molecule has 0 saturated heterocycles. The lowest BCUT2D eigenvalue weighted by atomic mass is 9.94. The van der Waals surface area contributed by atoms with E-state index in [0.29, 0.717) is 0 Å². The topological polar surface area (TPSA) is 55.8 Å². The van der Waals surface area contributed by atoms with Gasteiger partial charge in [0.2, 0.25) is 17.2 Å². The molecule has 0 amide bonds. The van der Waals surface area contributed by atoms with Crippen LogP contribution in [0, 0.1) is 11.6 Å². The molecular formula is C12H12F2O4. The first-order valence-electron chi connectivity index (χ1n) is 5.42. The molecule has 1 unspecified atom stereocenters.